The molecule has 1 saturated heterocycles. The normalized spacial score (nSPS) is 15.7. The van der Waals surface area contributed by atoms with Crippen LogP contribution >= 0.6 is 0 Å². The number of ether oxygens (including phenoxy) is 2. The fourth-order valence-corrected chi connectivity index (χ4v) is 4.07. The molecule has 40 heavy (non-hydrogen) atoms. The van der Waals surface area contributed by atoms with E-state index < -0.39 is 17.4 Å². The molecule has 1 amide bonds. The summed E-state index contributed by atoms with van der Waals surface area (Å²) in [5, 5.41) is 26.8. The molecule has 1 unspecified atom stereocenters. The van der Waals surface area contributed by atoms with Gasteiger partial charge >= 0.3 is 0 Å². The number of hydrogen-bond donors (Lipinski definition) is 4. The number of anilines is 2. The van der Waals surface area contributed by atoms with Crippen LogP contribution in [0.15, 0.2) is 36.3 Å². The molecule has 14 heteroatoms. The molecule has 4 rings (SSSR count). The average molecular weight is 554 g/mol. The Bertz CT molecular complexity index is 1510. The number of fused-ring (bicyclic) bond motifs is 1. The van der Waals surface area contributed by atoms with Gasteiger partial charge in [-0.15, -0.1) is 0 Å². The predicted octanol–water partition coefficient (Wildman–Crippen LogP) is 4.25. The van der Waals surface area contributed by atoms with E-state index in [1.54, 1.807) is 13.8 Å². The lowest BCUT2D eigenvalue weighted by atomic mass is 9.90. The number of alkyl halides is 2. The van der Waals surface area contributed by atoms with E-state index in [4.69, 9.17) is 14.9 Å². The number of carbonyl (C=O) groups is 1. The minimum atomic E-state index is -2.94. The van der Waals surface area contributed by atoms with E-state index in [1.807, 2.05) is 0 Å². The second-order valence-electron chi connectivity index (χ2n) is 9.70. The van der Waals surface area contributed by atoms with Crippen LogP contribution in [0.3, 0.4) is 0 Å². The Kier molecular flexibility index (Phi) is 8.24. The largest absolute Gasteiger partial charge is 0.455 e. The lowest BCUT2D eigenvalue weighted by molar-refractivity contribution is -0.114. The first-order valence-electron chi connectivity index (χ1n) is 12.4. The van der Waals surface area contributed by atoms with Crippen molar-refractivity contribution in [3.8, 4) is 17.6 Å². The molecule has 0 saturated carbocycles. The molecule has 4 heterocycles. The van der Waals surface area contributed by atoms with Crippen molar-refractivity contribution in [1.82, 2.24) is 24.8 Å². The molecule has 1 aliphatic heterocycles. The third-order valence-corrected chi connectivity index (χ3v) is 6.16. The van der Waals surface area contributed by atoms with Gasteiger partial charge in [0.1, 0.15) is 22.9 Å². The van der Waals surface area contributed by atoms with Crippen molar-refractivity contribution in [1.29, 1.82) is 10.7 Å². The highest BCUT2D eigenvalue weighted by atomic mass is 19.3. The summed E-state index contributed by atoms with van der Waals surface area (Å²) in [6.45, 7) is 5.87. The standard InChI is InChI=1S/C26H29F2N9O3/c1-14(38)33-20-9-16(5-7-31-20)40-17-11-32-24-22(21(17)23(27)28)37(4)25(36-24)35-19(30)10-18(26(2,3)13-29)34-15-6-8-39-12-15/h5,7,9-11,15,23,34H,6,8,12H2,1-4H3,(H,31,33,38)(H2,30,32,35,36)/b18-10-. The minimum absolute atomic E-state index is 0.00774. The van der Waals surface area contributed by atoms with Gasteiger partial charge in [0.15, 0.2) is 11.4 Å². The topological polar surface area (TPSA) is 163 Å². The zero-order valence-corrected chi connectivity index (χ0v) is 22.4. The van der Waals surface area contributed by atoms with E-state index in [2.05, 4.69) is 37.0 Å². The molecule has 3 aromatic heterocycles. The zero-order chi connectivity index (χ0) is 29.0. The SMILES string of the molecule is CC(=O)Nc1cc(Oc2cnc3nc(NC(=N)/C=C(\NC4CCOC4)C(C)(C)C#N)n(C)c3c2C(F)F)ccn1. The molecular formula is C26H29F2N9O3. The van der Waals surface area contributed by atoms with Crippen LogP contribution in [0.25, 0.3) is 11.2 Å². The van der Waals surface area contributed by atoms with E-state index in [-0.39, 0.29) is 52.2 Å². The van der Waals surface area contributed by atoms with Gasteiger partial charge in [0.05, 0.1) is 35.9 Å². The maximum atomic E-state index is 14.4. The Morgan fingerprint density at radius 3 is 2.80 bits per heavy atom. The number of allylic oxidation sites excluding steroid dienone is 1. The third-order valence-electron chi connectivity index (χ3n) is 6.16. The number of rotatable bonds is 9. The van der Waals surface area contributed by atoms with Crippen LogP contribution in [0.4, 0.5) is 20.5 Å². The first-order chi connectivity index (χ1) is 19.0. The molecule has 12 nitrogen and oxygen atoms in total. The smallest absolute Gasteiger partial charge is 0.269 e. The van der Waals surface area contributed by atoms with E-state index in [0.717, 1.165) is 12.6 Å². The van der Waals surface area contributed by atoms with Gasteiger partial charge in [0.2, 0.25) is 11.9 Å². The Morgan fingerprint density at radius 1 is 1.38 bits per heavy atom. The molecule has 0 radical (unpaired) electrons. The number of nitriles is 1. The molecule has 1 fully saturated rings. The van der Waals surface area contributed by atoms with Gasteiger partial charge in [-0.1, -0.05) is 0 Å². The fraction of sp³-hybridized carbons (Fsp3) is 0.385. The van der Waals surface area contributed by atoms with Crippen molar-refractivity contribution in [3.05, 3.63) is 41.9 Å². The molecule has 0 aliphatic carbocycles. The molecule has 0 aromatic carbocycles. The van der Waals surface area contributed by atoms with Crippen LogP contribution < -0.4 is 20.7 Å². The highest BCUT2D eigenvalue weighted by Crippen LogP contribution is 2.38. The summed E-state index contributed by atoms with van der Waals surface area (Å²) >= 11 is 0. The molecule has 0 bridgehead atoms. The van der Waals surface area contributed by atoms with Crippen molar-refractivity contribution in [2.24, 2.45) is 12.5 Å². The van der Waals surface area contributed by atoms with Gasteiger partial charge < -0.3 is 30.0 Å². The number of carbonyl (C=O) groups excluding carboxylic acids is 1. The number of halogens is 2. The fourth-order valence-electron chi connectivity index (χ4n) is 4.07. The number of nitrogens with one attached hydrogen (secondary N) is 4. The van der Waals surface area contributed by atoms with Crippen LogP contribution in [0.2, 0.25) is 0 Å². The van der Waals surface area contributed by atoms with E-state index >= 15 is 0 Å². The number of aromatic nitrogens is 4. The van der Waals surface area contributed by atoms with Crippen molar-refractivity contribution in [3.63, 3.8) is 0 Å². The first-order valence-corrected chi connectivity index (χ1v) is 12.4. The summed E-state index contributed by atoms with van der Waals surface area (Å²) in [6, 6.07) is 5.09. The average Bonchev–Trinajstić information content (AvgIpc) is 3.51. The first kappa shape index (κ1) is 28.4. The monoisotopic (exact) mass is 553 g/mol. The summed E-state index contributed by atoms with van der Waals surface area (Å²) in [4.78, 5) is 23.8. The number of aryl methyl sites for hydroxylation is 1. The number of nitrogens with zero attached hydrogens (tertiary/aromatic N) is 5. The van der Waals surface area contributed by atoms with Gasteiger partial charge in [0, 0.05) is 44.6 Å². The molecule has 4 N–H and O–H groups in total. The van der Waals surface area contributed by atoms with Crippen molar-refractivity contribution in [2.75, 3.05) is 23.8 Å². The Hall–Kier alpha value is -4.64. The molecule has 0 spiro atoms. The minimum Gasteiger partial charge on any atom is -0.455 e. The van der Waals surface area contributed by atoms with Crippen molar-refractivity contribution in [2.45, 2.75) is 39.7 Å². The molecule has 3 aromatic rings. The van der Waals surface area contributed by atoms with E-state index in [9.17, 15) is 18.8 Å². The van der Waals surface area contributed by atoms with Gasteiger partial charge in [-0.3, -0.25) is 10.2 Å². The molecule has 1 atom stereocenters. The zero-order valence-electron chi connectivity index (χ0n) is 22.4. The van der Waals surface area contributed by atoms with Crippen LogP contribution in [0, 0.1) is 22.2 Å². The van der Waals surface area contributed by atoms with Gasteiger partial charge in [-0.2, -0.15) is 10.2 Å². The second-order valence-corrected chi connectivity index (χ2v) is 9.70. The second kappa shape index (κ2) is 11.6. The van der Waals surface area contributed by atoms with E-state index in [0.29, 0.717) is 18.9 Å². The number of amides is 1. The quantitative estimate of drug-likeness (QED) is 0.224. The van der Waals surface area contributed by atoms with E-state index in [1.165, 1.54) is 42.9 Å². The van der Waals surface area contributed by atoms with Crippen molar-refractivity contribution < 1.29 is 23.0 Å². The molecule has 1 aliphatic rings. The lowest BCUT2D eigenvalue weighted by Gasteiger charge is -2.25. The highest BCUT2D eigenvalue weighted by Gasteiger charge is 2.28. The van der Waals surface area contributed by atoms with Crippen LogP contribution in [0.5, 0.6) is 11.5 Å². The number of amidine groups is 1. The summed E-state index contributed by atoms with van der Waals surface area (Å²) in [7, 11) is 1.52. The predicted molar refractivity (Wildman–Crippen MR) is 143 cm³/mol. The number of pyridine rings is 2. The van der Waals surface area contributed by atoms with Crippen LogP contribution in [0.1, 0.15) is 39.2 Å². The molecular weight excluding hydrogens is 524 g/mol. The Morgan fingerprint density at radius 2 is 2.15 bits per heavy atom. The highest BCUT2D eigenvalue weighted by molar-refractivity contribution is 6.02. The lowest BCUT2D eigenvalue weighted by Crippen LogP contribution is -2.35. The van der Waals surface area contributed by atoms with Gasteiger partial charge in [0.25, 0.3) is 6.43 Å². The maximum absolute atomic E-state index is 14.4. The summed E-state index contributed by atoms with van der Waals surface area (Å²) in [5.74, 6) is -0.193. The van der Waals surface area contributed by atoms with Crippen molar-refractivity contribution >= 4 is 34.7 Å². The van der Waals surface area contributed by atoms with Gasteiger partial charge in [-0.05, 0) is 26.3 Å². The number of imidazole rings is 1. The van der Waals surface area contributed by atoms with Crippen LogP contribution in [-0.2, 0) is 16.6 Å². The van der Waals surface area contributed by atoms with Crippen LogP contribution in [-0.4, -0.2) is 50.5 Å². The molecule has 210 valence electrons. The third kappa shape index (κ3) is 6.32. The Labute approximate surface area is 228 Å². The summed E-state index contributed by atoms with van der Waals surface area (Å²) < 4.78 is 41.2. The summed E-state index contributed by atoms with van der Waals surface area (Å²) in [6.07, 6.45) is 1.82. The summed E-state index contributed by atoms with van der Waals surface area (Å²) in [5.41, 5.74) is -0.813. The maximum Gasteiger partial charge on any atom is 0.269 e. The number of hydrogen-bond acceptors (Lipinski definition) is 9. The van der Waals surface area contributed by atoms with Gasteiger partial charge in [-0.25, -0.2) is 18.7 Å². The Balaban J connectivity index is 1.65.